The first-order valence-corrected chi connectivity index (χ1v) is 8.90. The van der Waals surface area contributed by atoms with Crippen LogP contribution in [0.5, 0.6) is 5.75 Å². The molecule has 0 spiro atoms. The first-order chi connectivity index (χ1) is 10.4. The van der Waals surface area contributed by atoms with E-state index < -0.39 is 0 Å². The molecule has 22 heavy (non-hydrogen) atoms. The van der Waals surface area contributed by atoms with E-state index >= 15 is 0 Å². The van der Waals surface area contributed by atoms with Crippen LogP contribution in [0.2, 0.25) is 0 Å². The predicted octanol–water partition coefficient (Wildman–Crippen LogP) is 4.32. The molecular weight excluding hydrogens is 344 g/mol. The zero-order valence-electron chi connectivity index (χ0n) is 13.8. The molecule has 0 amide bonds. The number of rotatable bonds is 5. The van der Waals surface area contributed by atoms with Crippen LogP contribution in [0.1, 0.15) is 39.2 Å². The molecule has 2 fully saturated rings. The molecule has 2 aliphatic heterocycles. The molecule has 2 aliphatic rings. The van der Waals surface area contributed by atoms with Gasteiger partial charge in [0.25, 0.3) is 0 Å². The SMILES string of the molecule is COc1cccc(COC2CC3(C(C)C)OC2(C)CC3Br)c1. The van der Waals surface area contributed by atoms with Crippen LogP contribution in [0, 0.1) is 5.92 Å². The maximum atomic E-state index is 6.47. The van der Waals surface area contributed by atoms with E-state index in [0.717, 1.165) is 24.2 Å². The summed E-state index contributed by atoms with van der Waals surface area (Å²) < 4.78 is 18.0. The minimum atomic E-state index is -0.183. The Bertz CT molecular complexity index is 547. The average molecular weight is 369 g/mol. The number of hydrogen-bond donors (Lipinski definition) is 0. The van der Waals surface area contributed by atoms with Crippen molar-refractivity contribution in [1.82, 2.24) is 0 Å². The minimum absolute atomic E-state index is 0.0895. The molecule has 0 saturated carbocycles. The van der Waals surface area contributed by atoms with Crippen molar-refractivity contribution in [3.05, 3.63) is 29.8 Å². The standard InChI is InChI=1S/C18H25BrO3/c1-12(2)18-10-16(17(3,22-18)9-15(18)19)21-11-13-6-5-7-14(8-13)20-4/h5-8,12,15-16H,9-11H2,1-4H3. The van der Waals surface area contributed by atoms with Crippen molar-refractivity contribution in [3.8, 4) is 5.75 Å². The molecule has 4 atom stereocenters. The molecule has 3 rings (SSSR count). The van der Waals surface area contributed by atoms with E-state index in [1.54, 1.807) is 7.11 Å². The fourth-order valence-corrected chi connectivity index (χ4v) is 5.30. The molecule has 1 aromatic rings. The van der Waals surface area contributed by atoms with Gasteiger partial charge in [-0.05, 0) is 37.0 Å². The van der Waals surface area contributed by atoms with Gasteiger partial charge in [-0.25, -0.2) is 0 Å². The first kappa shape index (κ1) is 16.3. The fraction of sp³-hybridized carbons (Fsp3) is 0.667. The van der Waals surface area contributed by atoms with Crippen LogP contribution in [0.3, 0.4) is 0 Å². The van der Waals surface area contributed by atoms with Crippen LogP contribution in [-0.2, 0) is 16.1 Å². The number of methoxy groups -OCH3 is 1. The molecule has 0 radical (unpaired) electrons. The van der Waals surface area contributed by atoms with Gasteiger partial charge in [0, 0.05) is 11.2 Å². The van der Waals surface area contributed by atoms with Gasteiger partial charge in [-0.15, -0.1) is 0 Å². The van der Waals surface area contributed by atoms with Gasteiger partial charge in [0.2, 0.25) is 0 Å². The van der Waals surface area contributed by atoms with Crippen LogP contribution in [-0.4, -0.2) is 29.2 Å². The Labute approximate surface area is 141 Å². The molecule has 2 heterocycles. The van der Waals surface area contributed by atoms with Crippen molar-refractivity contribution < 1.29 is 14.2 Å². The van der Waals surface area contributed by atoms with Crippen molar-refractivity contribution in [2.75, 3.05) is 7.11 Å². The normalized spacial score (nSPS) is 37.0. The average Bonchev–Trinajstić information content (AvgIpc) is 2.93. The zero-order valence-corrected chi connectivity index (χ0v) is 15.4. The molecular formula is C18H25BrO3. The summed E-state index contributed by atoms with van der Waals surface area (Å²) in [5, 5.41) is 0. The van der Waals surface area contributed by atoms with Crippen LogP contribution in [0.4, 0.5) is 0 Å². The second kappa shape index (κ2) is 5.81. The van der Waals surface area contributed by atoms with Gasteiger partial charge in [-0.2, -0.15) is 0 Å². The second-order valence-corrected chi connectivity index (χ2v) is 8.16. The van der Waals surface area contributed by atoms with Crippen molar-refractivity contribution in [2.24, 2.45) is 5.92 Å². The summed E-state index contributed by atoms with van der Waals surface area (Å²) in [6.45, 7) is 7.27. The lowest BCUT2D eigenvalue weighted by molar-refractivity contribution is -0.0955. The van der Waals surface area contributed by atoms with Gasteiger partial charge in [-0.1, -0.05) is 41.9 Å². The highest BCUT2D eigenvalue weighted by molar-refractivity contribution is 9.09. The molecule has 0 aliphatic carbocycles. The molecule has 4 heteroatoms. The molecule has 2 bridgehead atoms. The maximum Gasteiger partial charge on any atom is 0.119 e. The maximum absolute atomic E-state index is 6.47. The monoisotopic (exact) mass is 368 g/mol. The van der Waals surface area contributed by atoms with E-state index in [0.29, 0.717) is 17.4 Å². The summed E-state index contributed by atoms with van der Waals surface area (Å²) in [6, 6.07) is 8.06. The highest BCUT2D eigenvalue weighted by Crippen LogP contribution is 2.57. The number of fused-ring (bicyclic) bond motifs is 2. The fourth-order valence-electron chi connectivity index (χ4n) is 3.85. The summed E-state index contributed by atoms with van der Waals surface area (Å²) in [5.41, 5.74) is 0.866. The Kier molecular flexibility index (Phi) is 4.30. The summed E-state index contributed by atoms with van der Waals surface area (Å²) in [5.74, 6) is 1.35. The van der Waals surface area contributed by atoms with Crippen molar-refractivity contribution in [1.29, 1.82) is 0 Å². The van der Waals surface area contributed by atoms with Crippen LogP contribution in [0.15, 0.2) is 24.3 Å². The third-order valence-electron chi connectivity index (χ3n) is 5.29. The number of alkyl halides is 1. The third-order valence-corrected chi connectivity index (χ3v) is 6.38. The topological polar surface area (TPSA) is 27.7 Å². The Morgan fingerprint density at radius 3 is 2.77 bits per heavy atom. The van der Waals surface area contributed by atoms with Crippen LogP contribution >= 0.6 is 15.9 Å². The lowest BCUT2D eigenvalue weighted by atomic mass is 9.75. The zero-order chi connectivity index (χ0) is 16.0. The predicted molar refractivity (Wildman–Crippen MR) is 90.6 cm³/mol. The summed E-state index contributed by atoms with van der Waals surface area (Å²) in [7, 11) is 1.69. The second-order valence-electron chi connectivity index (χ2n) is 7.05. The van der Waals surface area contributed by atoms with Crippen molar-refractivity contribution in [3.63, 3.8) is 0 Å². The summed E-state index contributed by atoms with van der Waals surface area (Å²) in [6.07, 6.45) is 2.12. The molecule has 2 saturated heterocycles. The molecule has 1 aromatic carbocycles. The highest BCUT2D eigenvalue weighted by atomic mass is 79.9. The molecule has 3 nitrogen and oxygen atoms in total. The number of halogens is 1. The first-order valence-electron chi connectivity index (χ1n) is 7.98. The Morgan fingerprint density at radius 2 is 2.14 bits per heavy atom. The largest absolute Gasteiger partial charge is 0.497 e. The van der Waals surface area contributed by atoms with Crippen molar-refractivity contribution >= 4 is 15.9 Å². The van der Waals surface area contributed by atoms with E-state index in [1.807, 2.05) is 18.2 Å². The summed E-state index contributed by atoms with van der Waals surface area (Å²) >= 11 is 3.83. The van der Waals surface area contributed by atoms with E-state index in [2.05, 4.69) is 42.8 Å². The van der Waals surface area contributed by atoms with E-state index in [-0.39, 0.29) is 17.3 Å². The number of benzene rings is 1. The molecule has 122 valence electrons. The van der Waals surface area contributed by atoms with E-state index in [9.17, 15) is 0 Å². The summed E-state index contributed by atoms with van der Waals surface area (Å²) in [4.78, 5) is 0.418. The highest BCUT2D eigenvalue weighted by Gasteiger charge is 2.65. The molecule has 0 aromatic heterocycles. The number of hydrogen-bond acceptors (Lipinski definition) is 3. The number of ether oxygens (including phenoxy) is 3. The van der Waals surface area contributed by atoms with Gasteiger partial charge in [0.15, 0.2) is 0 Å². The Hall–Kier alpha value is -0.580. The van der Waals surface area contributed by atoms with Crippen LogP contribution in [0.25, 0.3) is 0 Å². The lowest BCUT2D eigenvalue weighted by Gasteiger charge is -2.35. The Balaban J connectivity index is 1.69. The Morgan fingerprint density at radius 1 is 1.36 bits per heavy atom. The lowest BCUT2D eigenvalue weighted by Crippen LogP contribution is -2.44. The minimum Gasteiger partial charge on any atom is -0.497 e. The smallest absolute Gasteiger partial charge is 0.119 e. The van der Waals surface area contributed by atoms with Gasteiger partial charge in [0.1, 0.15) is 5.75 Å². The van der Waals surface area contributed by atoms with Crippen molar-refractivity contribution in [2.45, 2.75) is 62.4 Å². The van der Waals surface area contributed by atoms with Gasteiger partial charge in [-0.3, -0.25) is 0 Å². The molecule has 0 N–H and O–H groups in total. The third kappa shape index (κ3) is 2.59. The van der Waals surface area contributed by atoms with E-state index in [4.69, 9.17) is 14.2 Å². The quantitative estimate of drug-likeness (QED) is 0.724. The van der Waals surface area contributed by atoms with E-state index in [1.165, 1.54) is 0 Å². The molecule has 4 unspecified atom stereocenters. The van der Waals surface area contributed by atoms with Gasteiger partial charge < -0.3 is 14.2 Å². The van der Waals surface area contributed by atoms with Crippen LogP contribution < -0.4 is 4.74 Å². The van der Waals surface area contributed by atoms with Gasteiger partial charge in [0.05, 0.1) is 31.0 Å². The van der Waals surface area contributed by atoms with Gasteiger partial charge >= 0.3 is 0 Å².